The molecule has 5 N–H and O–H groups in total. The number of hydrogen-bond donors (Lipinski definition) is 4. The lowest BCUT2D eigenvalue weighted by molar-refractivity contribution is 0.129. The average molecular weight is 318 g/mol. The predicted octanol–water partition coefficient (Wildman–Crippen LogP) is -0.380. The summed E-state index contributed by atoms with van der Waals surface area (Å²) in [6.07, 6.45) is -0.826. The summed E-state index contributed by atoms with van der Waals surface area (Å²) in [5, 5.41) is 29.3. The molecule has 0 radical (unpaired) electrons. The van der Waals surface area contributed by atoms with Crippen molar-refractivity contribution in [1.29, 1.82) is 0 Å². The van der Waals surface area contributed by atoms with E-state index in [-0.39, 0.29) is 6.61 Å². The second-order valence-electron chi connectivity index (χ2n) is 5.40. The maximum Gasteiger partial charge on any atom is 0.174 e. The Bertz CT molecular complexity index is 621. The van der Waals surface area contributed by atoms with E-state index in [4.69, 9.17) is 10.8 Å². The average Bonchev–Trinajstić information content (AvgIpc) is 2.86. The van der Waals surface area contributed by atoms with Gasteiger partial charge >= 0.3 is 0 Å². The minimum atomic E-state index is -0.826. The molecule has 1 aliphatic rings. The van der Waals surface area contributed by atoms with Crippen LogP contribution in [0, 0.1) is 0 Å². The summed E-state index contributed by atoms with van der Waals surface area (Å²) in [6, 6.07) is 7.09. The van der Waals surface area contributed by atoms with Gasteiger partial charge in [-0.05, 0) is 31.8 Å². The van der Waals surface area contributed by atoms with E-state index in [1.807, 2.05) is 19.0 Å². The standard InChI is InChI=1S/C15H22N6O2/c1-21(2)9-12-13(14(16)20-19-12)18-11-5-3-10(4-6-11)15(23)17-7-8-22/h3-6,15,17,22-23H,7-9H2,1-2H3,(H2,16,18,20). The van der Waals surface area contributed by atoms with Crippen molar-refractivity contribution in [3.63, 3.8) is 0 Å². The van der Waals surface area contributed by atoms with Crippen molar-refractivity contribution in [2.45, 2.75) is 6.23 Å². The van der Waals surface area contributed by atoms with Crippen molar-refractivity contribution in [3.8, 4) is 0 Å². The predicted molar refractivity (Wildman–Crippen MR) is 91.2 cm³/mol. The zero-order chi connectivity index (χ0) is 16.8. The molecule has 8 nitrogen and oxygen atoms in total. The van der Waals surface area contributed by atoms with E-state index < -0.39 is 6.23 Å². The molecule has 0 aliphatic carbocycles. The Hall–Kier alpha value is -2.13. The molecular formula is C15H22N6O2. The van der Waals surface area contributed by atoms with Gasteiger partial charge in [-0.1, -0.05) is 12.1 Å². The first-order chi connectivity index (χ1) is 11.0. The number of nitrogens with one attached hydrogen (secondary N) is 1. The summed E-state index contributed by atoms with van der Waals surface area (Å²) < 4.78 is 0. The van der Waals surface area contributed by atoms with Gasteiger partial charge in [0.25, 0.3) is 0 Å². The van der Waals surface area contributed by atoms with Gasteiger partial charge in [0.15, 0.2) is 5.84 Å². The summed E-state index contributed by atoms with van der Waals surface area (Å²) in [7, 11) is 3.87. The van der Waals surface area contributed by atoms with Gasteiger partial charge in [0, 0.05) is 13.1 Å². The molecule has 0 saturated carbocycles. The molecule has 0 amide bonds. The first-order valence-corrected chi connectivity index (χ1v) is 7.27. The lowest BCUT2D eigenvalue weighted by atomic mass is 10.1. The van der Waals surface area contributed by atoms with Gasteiger partial charge in [0.2, 0.25) is 0 Å². The number of amidine groups is 1. The third-order valence-electron chi connectivity index (χ3n) is 3.16. The number of rotatable bonds is 7. The quantitative estimate of drug-likeness (QED) is 0.511. The van der Waals surface area contributed by atoms with Crippen LogP contribution < -0.4 is 11.1 Å². The van der Waals surface area contributed by atoms with Crippen molar-refractivity contribution < 1.29 is 10.2 Å². The molecule has 23 heavy (non-hydrogen) atoms. The van der Waals surface area contributed by atoms with Crippen LogP contribution in [0.25, 0.3) is 0 Å². The minimum Gasteiger partial charge on any atom is -0.395 e. The van der Waals surface area contributed by atoms with Crippen LogP contribution in [0.3, 0.4) is 0 Å². The minimum absolute atomic E-state index is 0.0323. The third kappa shape index (κ3) is 4.67. The van der Waals surface area contributed by atoms with E-state index in [2.05, 4.69) is 20.5 Å². The fourth-order valence-corrected chi connectivity index (χ4v) is 2.06. The second kappa shape index (κ2) is 7.93. The normalized spacial score (nSPS) is 17.5. The molecule has 1 aromatic rings. The van der Waals surface area contributed by atoms with Crippen LogP contribution in [0.5, 0.6) is 0 Å². The summed E-state index contributed by atoms with van der Waals surface area (Å²) in [5.74, 6) is 0.301. The number of nitrogens with zero attached hydrogens (tertiary/aromatic N) is 4. The van der Waals surface area contributed by atoms with Gasteiger partial charge in [-0.15, -0.1) is 10.2 Å². The lowest BCUT2D eigenvalue weighted by Crippen LogP contribution is -2.33. The van der Waals surface area contributed by atoms with E-state index in [0.29, 0.717) is 35.9 Å². The molecule has 1 heterocycles. The van der Waals surface area contributed by atoms with Crippen LogP contribution >= 0.6 is 0 Å². The van der Waals surface area contributed by atoms with Crippen LogP contribution in [0.2, 0.25) is 0 Å². The van der Waals surface area contributed by atoms with Crippen molar-refractivity contribution in [2.75, 3.05) is 33.8 Å². The summed E-state index contributed by atoms with van der Waals surface area (Å²) in [5.41, 5.74) is 8.53. The Morgan fingerprint density at radius 2 is 1.96 bits per heavy atom. The Kier molecular flexibility index (Phi) is 5.94. The van der Waals surface area contributed by atoms with Crippen LogP contribution in [0.1, 0.15) is 11.8 Å². The highest BCUT2D eigenvalue weighted by molar-refractivity contribution is 6.70. The van der Waals surface area contributed by atoms with Gasteiger partial charge in [-0.3, -0.25) is 5.32 Å². The molecule has 0 bridgehead atoms. The SMILES string of the molecule is CN(C)CC1=NN=C(N)C1=Nc1ccc(C(O)NCCO)cc1. The molecule has 8 heteroatoms. The molecule has 1 aromatic carbocycles. The number of benzene rings is 1. The molecule has 1 atom stereocenters. The number of aliphatic hydroxyl groups is 2. The molecule has 1 unspecified atom stereocenters. The zero-order valence-electron chi connectivity index (χ0n) is 13.3. The third-order valence-corrected chi connectivity index (χ3v) is 3.16. The van der Waals surface area contributed by atoms with E-state index in [1.54, 1.807) is 24.3 Å². The lowest BCUT2D eigenvalue weighted by Gasteiger charge is -2.12. The highest BCUT2D eigenvalue weighted by atomic mass is 16.3. The highest BCUT2D eigenvalue weighted by Crippen LogP contribution is 2.18. The molecule has 0 saturated heterocycles. The van der Waals surface area contributed by atoms with Crippen molar-refractivity contribution >= 4 is 22.9 Å². The number of nitrogens with two attached hydrogens (primary N) is 1. The fraction of sp³-hybridized carbons (Fsp3) is 0.400. The maximum absolute atomic E-state index is 9.89. The monoisotopic (exact) mass is 318 g/mol. The van der Waals surface area contributed by atoms with Gasteiger partial charge in [0.05, 0.1) is 12.3 Å². The second-order valence-corrected chi connectivity index (χ2v) is 5.40. The molecule has 2 rings (SSSR count). The van der Waals surface area contributed by atoms with Gasteiger partial charge in [0.1, 0.15) is 17.7 Å². The van der Waals surface area contributed by atoms with Crippen LogP contribution in [0.4, 0.5) is 5.69 Å². The van der Waals surface area contributed by atoms with Crippen LogP contribution in [0.15, 0.2) is 39.5 Å². The summed E-state index contributed by atoms with van der Waals surface area (Å²) in [6.45, 7) is 0.892. The molecule has 0 spiro atoms. The molecular weight excluding hydrogens is 296 g/mol. The molecule has 124 valence electrons. The number of hydrogen-bond acceptors (Lipinski definition) is 8. The first kappa shape index (κ1) is 17.2. The summed E-state index contributed by atoms with van der Waals surface area (Å²) in [4.78, 5) is 6.46. The van der Waals surface area contributed by atoms with Gasteiger partial charge < -0.3 is 20.8 Å². The van der Waals surface area contributed by atoms with Crippen LogP contribution in [-0.2, 0) is 0 Å². The van der Waals surface area contributed by atoms with Crippen molar-refractivity contribution in [3.05, 3.63) is 29.8 Å². The van der Waals surface area contributed by atoms with E-state index in [1.165, 1.54) is 0 Å². The zero-order valence-corrected chi connectivity index (χ0v) is 13.3. The van der Waals surface area contributed by atoms with E-state index >= 15 is 0 Å². The fourth-order valence-electron chi connectivity index (χ4n) is 2.06. The van der Waals surface area contributed by atoms with Crippen LogP contribution in [-0.4, -0.2) is 66.2 Å². The summed E-state index contributed by atoms with van der Waals surface area (Å²) >= 11 is 0. The van der Waals surface area contributed by atoms with E-state index in [9.17, 15) is 5.11 Å². The Labute approximate surface area is 135 Å². The Morgan fingerprint density at radius 1 is 1.26 bits per heavy atom. The smallest absolute Gasteiger partial charge is 0.174 e. The number of aliphatic imine (C=N–C) groups is 1. The highest BCUT2D eigenvalue weighted by Gasteiger charge is 2.20. The maximum atomic E-state index is 9.89. The largest absolute Gasteiger partial charge is 0.395 e. The first-order valence-electron chi connectivity index (χ1n) is 7.27. The van der Waals surface area contributed by atoms with E-state index in [0.717, 1.165) is 5.71 Å². The Balaban J connectivity index is 2.13. The number of aliphatic hydroxyl groups excluding tert-OH is 2. The molecule has 0 fully saturated rings. The van der Waals surface area contributed by atoms with Crippen molar-refractivity contribution in [2.24, 2.45) is 20.9 Å². The molecule has 1 aliphatic heterocycles. The Morgan fingerprint density at radius 3 is 2.57 bits per heavy atom. The topological polar surface area (TPSA) is 119 Å². The van der Waals surface area contributed by atoms with Crippen molar-refractivity contribution in [1.82, 2.24) is 10.2 Å². The van der Waals surface area contributed by atoms with Gasteiger partial charge in [-0.25, -0.2) is 4.99 Å². The van der Waals surface area contributed by atoms with Gasteiger partial charge in [-0.2, -0.15) is 0 Å². The molecule has 0 aromatic heterocycles.